The molecule has 0 unspecified atom stereocenters. The van der Waals surface area contributed by atoms with E-state index in [4.69, 9.17) is 4.42 Å². The fourth-order valence-electron chi connectivity index (χ4n) is 2.21. The van der Waals surface area contributed by atoms with Crippen molar-refractivity contribution in [3.63, 3.8) is 0 Å². The Morgan fingerprint density at radius 1 is 1.10 bits per heavy atom. The molecule has 0 spiro atoms. The third-order valence-electron chi connectivity index (χ3n) is 3.20. The summed E-state index contributed by atoms with van der Waals surface area (Å²) in [5.74, 6) is 2.67. The minimum Gasteiger partial charge on any atom is -0.463 e. The molecule has 1 N–H and O–H groups in total. The highest BCUT2D eigenvalue weighted by Gasteiger charge is 2.06. The van der Waals surface area contributed by atoms with Gasteiger partial charge in [-0.1, -0.05) is 13.8 Å². The number of hydrogen-bond acceptors (Lipinski definition) is 4. The van der Waals surface area contributed by atoms with Gasteiger partial charge < -0.3 is 9.73 Å². The maximum Gasteiger partial charge on any atom is 0.118 e. The van der Waals surface area contributed by atoms with Crippen molar-refractivity contribution in [3.8, 4) is 0 Å². The van der Waals surface area contributed by atoms with Crippen molar-refractivity contribution in [2.24, 2.45) is 5.92 Å². The van der Waals surface area contributed by atoms with Gasteiger partial charge in [0.2, 0.25) is 0 Å². The monoisotopic (exact) mass is 287 g/mol. The maximum atomic E-state index is 5.86. The smallest absolute Gasteiger partial charge is 0.118 e. The Hall–Kier alpha value is -1.65. The Bertz CT molecular complexity index is 522. The van der Waals surface area contributed by atoms with E-state index in [2.05, 4.69) is 48.2 Å². The number of aromatic nitrogens is 1. The van der Waals surface area contributed by atoms with Crippen LogP contribution in [0.5, 0.6) is 0 Å². The maximum absolute atomic E-state index is 5.86. The molecule has 0 atom stereocenters. The van der Waals surface area contributed by atoms with Crippen LogP contribution >= 0.6 is 0 Å². The zero-order valence-corrected chi connectivity index (χ0v) is 13.2. The Morgan fingerprint density at radius 2 is 1.81 bits per heavy atom. The minimum atomic E-state index is 0.658. The molecule has 2 heterocycles. The van der Waals surface area contributed by atoms with Crippen molar-refractivity contribution in [1.82, 2.24) is 15.2 Å². The van der Waals surface area contributed by atoms with E-state index in [-0.39, 0.29) is 0 Å². The van der Waals surface area contributed by atoms with Gasteiger partial charge in [-0.05, 0) is 49.3 Å². The molecular weight excluding hydrogens is 262 g/mol. The van der Waals surface area contributed by atoms with Gasteiger partial charge in [-0.3, -0.25) is 9.88 Å². The molecule has 4 heteroatoms. The Labute approximate surface area is 127 Å². The molecule has 0 aliphatic rings. The molecule has 2 aromatic heterocycles. The van der Waals surface area contributed by atoms with Crippen molar-refractivity contribution in [3.05, 3.63) is 53.7 Å². The fourth-order valence-corrected chi connectivity index (χ4v) is 2.21. The van der Waals surface area contributed by atoms with E-state index in [1.165, 1.54) is 5.56 Å². The first-order chi connectivity index (χ1) is 10.1. The van der Waals surface area contributed by atoms with E-state index in [1.807, 2.05) is 24.5 Å². The molecule has 0 bridgehead atoms. The average molecular weight is 287 g/mol. The van der Waals surface area contributed by atoms with Crippen LogP contribution in [0.1, 0.15) is 30.9 Å². The van der Waals surface area contributed by atoms with E-state index in [0.717, 1.165) is 37.7 Å². The first kappa shape index (κ1) is 15.7. The second-order valence-corrected chi connectivity index (χ2v) is 5.92. The first-order valence-corrected chi connectivity index (χ1v) is 7.49. The summed E-state index contributed by atoms with van der Waals surface area (Å²) in [6, 6.07) is 8.21. The SMILES string of the molecule is CC(C)CNCc1ccc(CN(C)Cc2ccncc2)o1. The highest BCUT2D eigenvalue weighted by molar-refractivity contribution is 5.10. The van der Waals surface area contributed by atoms with Crippen LogP contribution in [0.25, 0.3) is 0 Å². The van der Waals surface area contributed by atoms with Crippen LogP contribution in [-0.4, -0.2) is 23.5 Å². The Balaban J connectivity index is 1.79. The normalized spacial score (nSPS) is 11.5. The van der Waals surface area contributed by atoms with Crippen LogP contribution in [0.15, 0.2) is 41.1 Å². The van der Waals surface area contributed by atoms with Crippen molar-refractivity contribution in [2.45, 2.75) is 33.5 Å². The predicted molar refractivity (Wildman–Crippen MR) is 84.7 cm³/mol. The van der Waals surface area contributed by atoms with Gasteiger partial charge >= 0.3 is 0 Å². The largest absolute Gasteiger partial charge is 0.463 e. The zero-order chi connectivity index (χ0) is 15.1. The molecule has 0 amide bonds. The van der Waals surface area contributed by atoms with Crippen LogP contribution in [-0.2, 0) is 19.6 Å². The van der Waals surface area contributed by atoms with Gasteiger partial charge in [0.1, 0.15) is 11.5 Å². The Kier molecular flexibility index (Phi) is 5.96. The topological polar surface area (TPSA) is 41.3 Å². The quantitative estimate of drug-likeness (QED) is 0.810. The van der Waals surface area contributed by atoms with Crippen LogP contribution in [0.2, 0.25) is 0 Å². The second kappa shape index (κ2) is 7.96. The summed E-state index contributed by atoms with van der Waals surface area (Å²) in [5.41, 5.74) is 1.26. The molecule has 0 aromatic carbocycles. The summed E-state index contributed by atoms with van der Waals surface area (Å²) in [5, 5.41) is 3.39. The van der Waals surface area contributed by atoms with E-state index in [9.17, 15) is 0 Å². The molecule has 114 valence electrons. The lowest BCUT2D eigenvalue weighted by Crippen LogP contribution is -2.18. The molecular formula is C17H25N3O. The van der Waals surface area contributed by atoms with E-state index < -0.39 is 0 Å². The Morgan fingerprint density at radius 3 is 2.52 bits per heavy atom. The van der Waals surface area contributed by atoms with Crippen molar-refractivity contribution in [1.29, 1.82) is 0 Å². The van der Waals surface area contributed by atoms with Gasteiger partial charge in [0, 0.05) is 18.9 Å². The number of furan rings is 1. The van der Waals surface area contributed by atoms with Gasteiger partial charge in [0.25, 0.3) is 0 Å². The summed E-state index contributed by atoms with van der Waals surface area (Å²) >= 11 is 0. The summed E-state index contributed by atoms with van der Waals surface area (Å²) in [6.45, 7) is 7.92. The number of rotatable bonds is 8. The van der Waals surface area contributed by atoms with Crippen LogP contribution in [0, 0.1) is 5.92 Å². The minimum absolute atomic E-state index is 0.658. The van der Waals surface area contributed by atoms with Crippen LogP contribution < -0.4 is 5.32 Å². The third-order valence-corrected chi connectivity index (χ3v) is 3.20. The van der Waals surface area contributed by atoms with E-state index in [0.29, 0.717) is 5.92 Å². The fraction of sp³-hybridized carbons (Fsp3) is 0.471. The number of nitrogens with zero attached hydrogens (tertiary/aromatic N) is 2. The molecule has 0 saturated heterocycles. The number of nitrogens with one attached hydrogen (secondary N) is 1. The van der Waals surface area contributed by atoms with Gasteiger partial charge in [0.15, 0.2) is 0 Å². The molecule has 4 nitrogen and oxygen atoms in total. The van der Waals surface area contributed by atoms with Crippen molar-refractivity contribution >= 4 is 0 Å². The lowest BCUT2D eigenvalue weighted by atomic mass is 10.2. The lowest BCUT2D eigenvalue weighted by molar-refractivity contribution is 0.282. The molecule has 0 aliphatic heterocycles. The zero-order valence-electron chi connectivity index (χ0n) is 13.2. The standard InChI is InChI=1S/C17H25N3O/c1-14(2)10-19-11-16-4-5-17(21-16)13-20(3)12-15-6-8-18-9-7-15/h4-9,14,19H,10-13H2,1-3H3. The highest BCUT2D eigenvalue weighted by atomic mass is 16.3. The lowest BCUT2D eigenvalue weighted by Gasteiger charge is -2.14. The van der Waals surface area contributed by atoms with Crippen molar-refractivity contribution in [2.75, 3.05) is 13.6 Å². The van der Waals surface area contributed by atoms with E-state index in [1.54, 1.807) is 0 Å². The second-order valence-electron chi connectivity index (χ2n) is 5.92. The number of pyridine rings is 1. The summed E-state index contributed by atoms with van der Waals surface area (Å²) < 4.78 is 5.86. The molecule has 0 saturated carbocycles. The molecule has 2 aromatic rings. The molecule has 2 rings (SSSR count). The summed E-state index contributed by atoms with van der Waals surface area (Å²) in [4.78, 5) is 6.27. The van der Waals surface area contributed by atoms with E-state index >= 15 is 0 Å². The van der Waals surface area contributed by atoms with Gasteiger partial charge in [0.05, 0.1) is 13.1 Å². The molecule has 0 fully saturated rings. The van der Waals surface area contributed by atoms with Gasteiger partial charge in [-0.2, -0.15) is 0 Å². The average Bonchev–Trinajstić information content (AvgIpc) is 2.86. The van der Waals surface area contributed by atoms with Gasteiger partial charge in [-0.25, -0.2) is 0 Å². The molecule has 0 radical (unpaired) electrons. The molecule has 21 heavy (non-hydrogen) atoms. The van der Waals surface area contributed by atoms with Crippen LogP contribution in [0.4, 0.5) is 0 Å². The summed E-state index contributed by atoms with van der Waals surface area (Å²) in [7, 11) is 2.10. The first-order valence-electron chi connectivity index (χ1n) is 7.49. The predicted octanol–water partition coefficient (Wildman–Crippen LogP) is 3.05. The van der Waals surface area contributed by atoms with Gasteiger partial charge in [-0.15, -0.1) is 0 Å². The van der Waals surface area contributed by atoms with Crippen LogP contribution in [0.3, 0.4) is 0 Å². The highest BCUT2D eigenvalue weighted by Crippen LogP contribution is 2.11. The molecule has 0 aliphatic carbocycles. The van der Waals surface area contributed by atoms with Crippen molar-refractivity contribution < 1.29 is 4.42 Å². The number of hydrogen-bond donors (Lipinski definition) is 1. The third kappa shape index (κ3) is 5.69. The summed E-state index contributed by atoms with van der Waals surface area (Å²) in [6.07, 6.45) is 3.66.